The maximum Gasteiger partial charge on any atom is 0.150 e. The number of halogens is 1. The molecule has 0 N–H and O–H groups in total. The van der Waals surface area contributed by atoms with E-state index < -0.39 is 0 Å². The van der Waals surface area contributed by atoms with Crippen LogP contribution in [0.4, 0.5) is 15.8 Å². The number of fused-ring (bicyclic) bond motifs is 1. The van der Waals surface area contributed by atoms with Crippen molar-refractivity contribution in [1.29, 1.82) is 0 Å². The molecule has 0 radical (unpaired) electrons. The van der Waals surface area contributed by atoms with E-state index in [9.17, 15) is 9.18 Å². The van der Waals surface area contributed by atoms with Crippen molar-refractivity contribution >= 4 is 17.7 Å². The molecule has 0 aromatic heterocycles. The largest absolute Gasteiger partial charge is 0.341 e. The van der Waals surface area contributed by atoms with Gasteiger partial charge in [-0.1, -0.05) is 25.1 Å². The second-order valence-electron chi connectivity index (χ2n) is 5.41. The molecule has 0 amide bonds. The Bertz CT molecular complexity index is 653. The molecule has 1 unspecified atom stereocenters. The lowest BCUT2D eigenvalue weighted by molar-refractivity contribution is 0.112. The molecular weight excluding hydrogens is 253 g/mol. The topological polar surface area (TPSA) is 20.3 Å². The Morgan fingerprint density at radius 1 is 1.25 bits per heavy atom. The first-order valence-electron chi connectivity index (χ1n) is 6.78. The minimum atomic E-state index is -0.375. The van der Waals surface area contributed by atoms with Crippen LogP contribution in [0.25, 0.3) is 0 Å². The van der Waals surface area contributed by atoms with Gasteiger partial charge in [0, 0.05) is 23.5 Å². The molecule has 0 bridgehead atoms. The molecule has 1 heterocycles. The van der Waals surface area contributed by atoms with Gasteiger partial charge in [0.15, 0.2) is 0 Å². The SMILES string of the molecule is CC1Cc2ccccc2N(c2cc(F)cc(C=O)c2)C1. The predicted octanol–water partition coefficient (Wildman–Crippen LogP) is 3.97. The summed E-state index contributed by atoms with van der Waals surface area (Å²) in [5.74, 6) is 0.119. The van der Waals surface area contributed by atoms with Crippen LogP contribution < -0.4 is 4.90 Å². The number of para-hydroxylation sites is 1. The Kier molecular flexibility index (Phi) is 3.26. The van der Waals surface area contributed by atoms with Crippen LogP contribution in [0, 0.1) is 11.7 Å². The van der Waals surface area contributed by atoms with Crippen LogP contribution in [0.1, 0.15) is 22.8 Å². The summed E-state index contributed by atoms with van der Waals surface area (Å²) in [4.78, 5) is 13.0. The van der Waals surface area contributed by atoms with Crippen LogP contribution in [-0.4, -0.2) is 12.8 Å². The van der Waals surface area contributed by atoms with Gasteiger partial charge >= 0.3 is 0 Å². The molecule has 0 aliphatic carbocycles. The molecule has 0 fully saturated rings. The number of carbonyl (C=O) groups is 1. The number of carbonyl (C=O) groups excluding carboxylic acids is 1. The van der Waals surface area contributed by atoms with E-state index in [0.29, 0.717) is 17.8 Å². The number of benzene rings is 2. The van der Waals surface area contributed by atoms with E-state index in [-0.39, 0.29) is 5.82 Å². The second kappa shape index (κ2) is 5.08. The summed E-state index contributed by atoms with van der Waals surface area (Å²) < 4.78 is 13.7. The average molecular weight is 269 g/mol. The van der Waals surface area contributed by atoms with Crippen LogP contribution in [0.3, 0.4) is 0 Å². The molecule has 3 heteroatoms. The van der Waals surface area contributed by atoms with Crippen LogP contribution in [-0.2, 0) is 6.42 Å². The first-order chi connectivity index (χ1) is 9.67. The summed E-state index contributed by atoms with van der Waals surface area (Å²) in [5, 5.41) is 0. The Labute approximate surface area is 117 Å². The highest BCUT2D eigenvalue weighted by Crippen LogP contribution is 2.35. The number of anilines is 2. The quantitative estimate of drug-likeness (QED) is 0.769. The molecule has 2 aromatic carbocycles. The van der Waals surface area contributed by atoms with Gasteiger partial charge in [0.25, 0.3) is 0 Å². The third-order valence-corrected chi connectivity index (χ3v) is 3.70. The van der Waals surface area contributed by atoms with E-state index in [2.05, 4.69) is 17.9 Å². The van der Waals surface area contributed by atoms with Crippen molar-refractivity contribution in [3.8, 4) is 0 Å². The Balaban J connectivity index is 2.10. The fraction of sp³-hybridized carbons (Fsp3) is 0.235. The molecule has 2 aromatic rings. The lowest BCUT2D eigenvalue weighted by Crippen LogP contribution is -2.30. The summed E-state index contributed by atoms with van der Waals surface area (Å²) in [6.07, 6.45) is 1.72. The minimum Gasteiger partial charge on any atom is -0.341 e. The highest BCUT2D eigenvalue weighted by atomic mass is 19.1. The lowest BCUT2D eigenvalue weighted by Gasteiger charge is -2.35. The zero-order valence-corrected chi connectivity index (χ0v) is 11.3. The highest BCUT2D eigenvalue weighted by molar-refractivity contribution is 5.79. The molecule has 0 spiro atoms. The fourth-order valence-corrected chi connectivity index (χ4v) is 2.86. The summed E-state index contributed by atoms with van der Waals surface area (Å²) >= 11 is 0. The van der Waals surface area contributed by atoms with Crippen LogP contribution in [0.15, 0.2) is 42.5 Å². The lowest BCUT2D eigenvalue weighted by atomic mass is 9.93. The molecule has 2 nitrogen and oxygen atoms in total. The second-order valence-corrected chi connectivity index (χ2v) is 5.41. The maximum absolute atomic E-state index is 13.7. The molecule has 102 valence electrons. The zero-order valence-electron chi connectivity index (χ0n) is 11.3. The third kappa shape index (κ3) is 2.31. The van der Waals surface area contributed by atoms with Crippen molar-refractivity contribution in [3.63, 3.8) is 0 Å². The van der Waals surface area contributed by atoms with Crippen LogP contribution >= 0.6 is 0 Å². The van der Waals surface area contributed by atoms with E-state index in [1.54, 1.807) is 6.07 Å². The standard InChI is InChI=1S/C17H16FNO/c1-12-6-14-4-2-3-5-17(14)19(10-12)16-8-13(11-20)7-15(18)9-16/h2-5,7-9,11-12H,6,10H2,1H3. The molecular formula is C17H16FNO. The minimum absolute atomic E-state index is 0.371. The number of hydrogen-bond donors (Lipinski definition) is 0. The van der Waals surface area contributed by atoms with Gasteiger partial charge in [0.05, 0.1) is 0 Å². The predicted molar refractivity (Wildman–Crippen MR) is 78.1 cm³/mol. The van der Waals surface area contributed by atoms with Crippen molar-refractivity contribution in [2.45, 2.75) is 13.3 Å². The molecule has 0 saturated heterocycles. The van der Waals surface area contributed by atoms with Gasteiger partial charge in [-0.2, -0.15) is 0 Å². The van der Waals surface area contributed by atoms with Gasteiger partial charge in [-0.3, -0.25) is 4.79 Å². The van der Waals surface area contributed by atoms with Gasteiger partial charge < -0.3 is 4.90 Å². The smallest absolute Gasteiger partial charge is 0.150 e. The number of nitrogens with zero attached hydrogens (tertiary/aromatic N) is 1. The molecule has 1 aliphatic heterocycles. The Morgan fingerprint density at radius 2 is 2.05 bits per heavy atom. The van der Waals surface area contributed by atoms with Gasteiger partial charge in [-0.15, -0.1) is 0 Å². The first kappa shape index (κ1) is 12.9. The van der Waals surface area contributed by atoms with Gasteiger partial charge in [0.2, 0.25) is 0 Å². The van der Waals surface area contributed by atoms with E-state index in [1.807, 2.05) is 18.2 Å². The third-order valence-electron chi connectivity index (χ3n) is 3.70. The van der Waals surface area contributed by atoms with Gasteiger partial charge in [0.1, 0.15) is 12.1 Å². The molecule has 0 saturated carbocycles. The Morgan fingerprint density at radius 3 is 2.85 bits per heavy atom. The van der Waals surface area contributed by atoms with Crippen molar-refractivity contribution in [3.05, 3.63) is 59.4 Å². The Hall–Kier alpha value is -2.16. The summed E-state index contributed by atoms with van der Waals surface area (Å²) in [5.41, 5.74) is 3.48. The van der Waals surface area contributed by atoms with Crippen molar-refractivity contribution in [1.82, 2.24) is 0 Å². The number of aldehydes is 1. The summed E-state index contributed by atoms with van der Waals surface area (Å²) in [6, 6.07) is 12.7. The number of hydrogen-bond acceptors (Lipinski definition) is 2. The zero-order chi connectivity index (χ0) is 14.1. The van der Waals surface area contributed by atoms with Crippen molar-refractivity contribution < 1.29 is 9.18 Å². The normalized spacial score (nSPS) is 17.7. The van der Waals surface area contributed by atoms with E-state index >= 15 is 0 Å². The average Bonchev–Trinajstić information content (AvgIpc) is 2.45. The van der Waals surface area contributed by atoms with E-state index in [1.165, 1.54) is 17.7 Å². The highest BCUT2D eigenvalue weighted by Gasteiger charge is 2.23. The maximum atomic E-state index is 13.7. The van der Waals surface area contributed by atoms with Crippen LogP contribution in [0.2, 0.25) is 0 Å². The van der Waals surface area contributed by atoms with Crippen molar-refractivity contribution in [2.24, 2.45) is 5.92 Å². The molecule has 3 rings (SSSR count). The first-order valence-corrected chi connectivity index (χ1v) is 6.78. The summed E-state index contributed by atoms with van der Waals surface area (Å²) in [6.45, 7) is 3.02. The molecule has 1 aliphatic rings. The number of rotatable bonds is 2. The molecule has 1 atom stereocenters. The van der Waals surface area contributed by atoms with Gasteiger partial charge in [-0.05, 0) is 42.2 Å². The van der Waals surface area contributed by atoms with Crippen LogP contribution in [0.5, 0.6) is 0 Å². The van der Waals surface area contributed by atoms with Gasteiger partial charge in [-0.25, -0.2) is 4.39 Å². The molecule has 20 heavy (non-hydrogen) atoms. The summed E-state index contributed by atoms with van der Waals surface area (Å²) in [7, 11) is 0. The fourth-order valence-electron chi connectivity index (χ4n) is 2.86. The monoisotopic (exact) mass is 269 g/mol. The van der Waals surface area contributed by atoms with E-state index in [4.69, 9.17) is 0 Å². The van der Waals surface area contributed by atoms with E-state index in [0.717, 1.165) is 24.3 Å². The van der Waals surface area contributed by atoms with Crippen molar-refractivity contribution in [2.75, 3.05) is 11.4 Å².